The predicted molar refractivity (Wildman–Crippen MR) is 92.5 cm³/mol. The maximum absolute atomic E-state index is 12.1. The summed E-state index contributed by atoms with van der Waals surface area (Å²) in [6.07, 6.45) is 1.91. The number of ether oxygens (including phenoxy) is 1. The lowest BCUT2D eigenvalue weighted by Gasteiger charge is -2.15. The summed E-state index contributed by atoms with van der Waals surface area (Å²) in [5.41, 5.74) is 0.519. The normalized spacial score (nSPS) is 12.5. The van der Waals surface area contributed by atoms with Gasteiger partial charge in [-0.25, -0.2) is 0 Å². The standard InChI is InChI=1S/C19H20N2O4/c1-13(2)25-17-6-3-5-14(9-17)18(22)12-21-19(23)15(11-20)10-16-7-4-8-24-16/h3-10,13,18,22H,12H2,1-2H3,(H,21,23)/b15-10+. The number of benzene rings is 1. The summed E-state index contributed by atoms with van der Waals surface area (Å²) in [7, 11) is 0. The molecule has 1 heterocycles. The number of carbonyl (C=O) groups excluding carboxylic acids is 1. The molecule has 0 aliphatic rings. The Kier molecular flexibility index (Phi) is 6.38. The smallest absolute Gasteiger partial charge is 0.262 e. The molecule has 0 fully saturated rings. The molecule has 0 saturated heterocycles. The lowest BCUT2D eigenvalue weighted by Crippen LogP contribution is -2.29. The Morgan fingerprint density at radius 2 is 2.20 bits per heavy atom. The van der Waals surface area contributed by atoms with Gasteiger partial charge in [0.1, 0.15) is 23.2 Å². The van der Waals surface area contributed by atoms with Crippen molar-refractivity contribution < 1.29 is 19.1 Å². The lowest BCUT2D eigenvalue weighted by atomic mass is 10.1. The number of nitrogens with zero attached hydrogens (tertiary/aromatic N) is 1. The van der Waals surface area contributed by atoms with Crippen LogP contribution in [0.1, 0.15) is 31.3 Å². The highest BCUT2D eigenvalue weighted by Crippen LogP contribution is 2.20. The number of nitrogens with one attached hydrogen (secondary N) is 1. The molecule has 6 heteroatoms. The van der Waals surface area contributed by atoms with Crippen LogP contribution in [0.3, 0.4) is 0 Å². The Morgan fingerprint density at radius 1 is 1.40 bits per heavy atom. The van der Waals surface area contributed by atoms with E-state index >= 15 is 0 Å². The van der Waals surface area contributed by atoms with E-state index in [0.29, 0.717) is 17.1 Å². The van der Waals surface area contributed by atoms with Gasteiger partial charge in [-0.3, -0.25) is 4.79 Å². The second kappa shape index (κ2) is 8.71. The van der Waals surface area contributed by atoms with E-state index in [4.69, 9.17) is 14.4 Å². The number of rotatable bonds is 7. The van der Waals surface area contributed by atoms with Crippen LogP contribution in [0.25, 0.3) is 6.08 Å². The molecule has 1 aromatic heterocycles. The fourth-order valence-corrected chi connectivity index (χ4v) is 2.13. The summed E-state index contributed by atoms with van der Waals surface area (Å²) in [6.45, 7) is 3.80. The first-order valence-electron chi connectivity index (χ1n) is 7.87. The van der Waals surface area contributed by atoms with Crippen molar-refractivity contribution in [3.8, 4) is 11.8 Å². The first-order valence-corrected chi connectivity index (χ1v) is 7.87. The van der Waals surface area contributed by atoms with Crippen molar-refractivity contribution in [1.82, 2.24) is 5.32 Å². The summed E-state index contributed by atoms with van der Waals surface area (Å²) < 4.78 is 10.7. The minimum Gasteiger partial charge on any atom is -0.491 e. The lowest BCUT2D eigenvalue weighted by molar-refractivity contribution is -0.117. The first-order chi connectivity index (χ1) is 12.0. The fraction of sp³-hybridized carbons (Fsp3) is 0.263. The van der Waals surface area contributed by atoms with E-state index in [1.807, 2.05) is 19.9 Å². The highest BCUT2D eigenvalue weighted by Gasteiger charge is 2.14. The average molecular weight is 340 g/mol. The Labute approximate surface area is 146 Å². The predicted octanol–water partition coefficient (Wildman–Crippen LogP) is 2.82. The van der Waals surface area contributed by atoms with Gasteiger partial charge in [-0.15, -0.1) is 0 Å². The maximum atomic E-state index is 12.1. The summed E-state index contributed by atoms with van der Waals surface area (Å²) in [5.74, 6) is 0.478. The number of amides is 1. The Morgan fingerprint density at radius 3 is 2.84 bits per heavy atom. The third-order valence-electron chi connectivity index (χ3n) is 3.27. The van der Waals surface area contributed by atoms with E-state index in [2.05, 4.69) is 5.32 Å². The molecule has 1 unspecified atom stereocenters. The van der Waals surface area contributed by atoms with E-state index in [9.17, 15) is 9.90 Å². The minimum absolute atomic E-state index is 0.0250. The van der Waals surface area contributed by atoms with Crippen molar-refractivity contribution >= 4 is 12.0 Å². The largest absolute Gasteiger partial charge is 0.491 e. The van der Waals surface area contributed by atoms with Gasteiger partial charge in [0.2, 0.25) is 0 Å². The van der Waals surface area contributed by atoms with E-state index in [0.717, 1.165) is 0 Å². The molecule has 0 bridgehead atoms. The highest BCUT2D eigenvalue weighted by atomic mass is 16.5. The second-order valence-corrected chi connectivity index (χ2v) is 5.65. The van der Waals surface area contributed by atoms with Crippen molar-refractivity contribution in [1.29, 1.82) is 5.26 Å². The van der Waals surface area contributed by atoms with Crippen LogP contribution in [0.2, 0.25) is 0 Å². The summed E-state index contributed by atoms with van der Waals surface area (Å²) in [4.78, 5) is 12.1. The van der Waals surface area contributed by atoms with Crippen molar-refractivity contribution in [2.45, 2.75) is 26.1 Å². The van der Waals surface area contributed by atoms with Crippen molar-refractivity contribution in [3.05, 3.63) is 59.6 Å². The summed E-state index contributed by atoms with van der Waals surface area (Å²) >= 11 is 0. The number of aliphatic hydroxyl groups excluding tert-OH is 1. The van der Waals surface area contributed by atoms with Gasteiger partial charge in [0.25, 0.3) is 5.91 Å². The molecule has 0 aliphatic carbocycles. The SMILES string of the molecule is CC(C)Oc1cccc(C(O)CNC(=O)/C(C#N)=C/c2ccco2)c1. The van der Waals surface area contributed by atoms with Gasteiger partial charge in [-0.1, -0.05) is 12.1 Å². The van der Waals surface area contributed by atoms with Crippen LogP contribution in [0, 0.1) is 11.3 Å². The molecule has 25 heavy (non-hydrogen) atoms. The quantitative estimate of drug-likeness (QED) is 0.597. The van der Waals surface area contributed by atoms with Gasteiger partial charge in [-0.05, 0) is 43.7 Å². The molecule has 2 aromatic rings. The van der Waals surface area contributed by atoms with Crippen molar-refractivity contribution in [3.63, 3.8) is 0 Å². The molecule has 130 valence electrons. The van der Waals surface area contributed by atoms with E-state index < -0.39 is 12.0 Å². The molecule has 1 atom stereocenters. The number of nitriles is 1. The van der Waals surface area contributed by atoms with E-state index in [1.165, 1.54) is 12.3 Å². The Hall–Kier alpha value is -3.04. The van der Waals surface area contributed by atoms with Gasteiger partial charge in [0.05, 0.1) is 18.5 Å². The number of aliphatic hydroxyl groups is 1. The van der Waals surface area contributed by atoms with Crippen LogP contribution in [0.4, 0.5) is 0 Å². The molecule has 0 radical (unpaired) electrons. The van der Waals surface area contributed by atoms with E-state index in [1.54, 1.807) is 36.4 Å². The number of hydrogen-bond acceptors (Lipinski definition) is 5. The summed E-state index contributed by atoms with van der Waals surface area (Å²) in [5, 5.41) is 21.9. The van der Waals surface area contributed by atoms with Crippen LogP contribution in [-0.4, -0.2) is 23.7 Å². The highest BCUT2D eigenvalue weighted by molar-refractivity contribution is 6.01. The zero-order valence-corrected chi connectivity index (χ0v) is 14.1. The van der Waals surface area contributed by atoms with Crippen LogP contribution in [0.15, 0.2) is 52.7 Å². The van der Waals surface area contributed by atoms with Gasteiger partial charge in [0, 0.05) is 12.6 Å². The molecule has 1 aromatic carbocycles. The molecule has 0 spiro atoms. The third-order valence-corrected chi connectivity index (χ3v) is 3.27. The van der Waals surface area contributed by atoms with E-state index in [-0.39, 0.29) is 18.2 Å². The zero-order chi connectivity index (χ0) is 18.2. The maximum Gasteiger partial charge on any atom is 0.262 e. The number of furan rings is 1. The molecule has 0 saturated carbocycles. The van der Waals surface area contributed by atoms with Crippen molar-refractivity contribution in [2.75, 3.05) is 6.54 Å². The van der Waals surface area contributed by atoms with Gasteiger partial charge in [0.15, 0.2) is 0 Å². The van der Waals surface area contributed by atoms with Crippen LogP contribution >= 0.6 is 0 Å². The molecule has 0 aliphatic heterocycles. The van der Waals surface area contributed by atoms with Gasteiger partial charge in [-0.2, -0.15) is 5.26 Å². The Bertz CT molecular complexity index is 773. The molecule has 2 rings (SSSR count). The molecular formula is C19H20N2O4. The van der Waals surface area contributed by atoms with Crippen LogP contribution < -0.4 is 10.1 Å². The molecular weight excluding hydrogens is 320 g/mol. The van der Waals surface area contributed by atoms with Crippen molar-refractivity contribution in [2.24, 2.45) is 0 Å². The second-order valence-electron chi connectivity index (χ2n) is 5.65. The molecule has 1 amide bonds. The van der Waals surface area contributed by atoms with Crippen LogP contribution in [-0.2, 0) is 4.79 Å². The minimum atomic E-state index is -0.914. The number of carbonyl (C=O) groups is 1. The average Bonchev–Trinajstić information content (AvgIpc) is 3.10. The Balaban J connectivity index is 1.98. The fourth-order valence-electron chi connectivity index (χ4n) is 2.13. The monoisotopic (exact) mass is 340 g/mol. The third kappa shape index (κ3) is 5.52. The number of hydrogen-bond donors (Lipinski definition) is 2. The topological polar surface area (TPSA) is 95.5 Å². The van der Waals surface area contributed by atoms with Gasteiger partial charge >= 0.3 is 0 Å². The molecule has 2 N–H and O–H groups in total. The first kappa shape index (κ1) is 18.3. The zero-order valence-electron chi connectivity index (χ0n) is 14.1. The van der Waals surface area contributed by atoms with Gasteiger partial charge < -0.3 is 19.6 Å². The molecule has 6 nitrogen and oxygen atoms in total. The summed E-state index contributed by atoms with van der Waals surface area (Å²) in [6, 6.07) is 12.2. The van der Waals surface area contributed by atoms with Crippen LogP contribution in [0.5, 0.6) is 5.75 Å².